The molecule has 2 fully saturated rings. The molecule has 4 nitrogen and oxygen atoms in total. The van der Waals surface area contributed by atoms with Crippen LogP contribution >= 0.6 is 0 Å². The zero-order valence-corrected chi connectivity index (χ0v) is 11.8. The van der Waals surface area contributed by atoms with Crippen molar-refractivity contribution in [1.29, 1.82) is 0 Å². The number of nitrogens with one attached hydrogen (secondary N) is 1. The minimum atomic E-state index is -0.401. The van der Waals surface area contributed by atoms with E-state index in [-0.39, 0.29) is 12.1 Å². The Hall–Kier alpha value is -0.610. The minimum absolute atomic E-state index is 0.0537. The Bertz CT molecular complexity index is 303. The summed E-state index contributed by atoms with van der Waals surface area (Å²) in [5, 5.41) is 3.38. The van der Waals surface area contributed by atoms with Crippen LogP contribution in [0.5, 0.6) is 0 Å². The highest BCUT2D eigenvalue weighted by atomic mass is 16.6. The van der Waals surface area contributed by atoms with Crippen molar-refractivity contribution in [2.45, 2.75) is 58.2 Å². The van der Waals surface area contributed by atoms with Gasteiger partial charge in [-0.1, -0.05) is 0 Å². The van der Waals surface area contributed by atoms with Crippen molar-refractivity contribution in [2.75, 3.05) is 19.7 Å². The fourth-order valence-electron chi connectivity index (χ4n) is 2.90. The van der Waals surface area contributed by atoms with Gasteiger partial charge in [0.2, 0.25) is 0 Å². The number of rotatable bonds is 2. The van der Waals surface area contributed by atoms with Crippen LogP contribution in [-0.4, -0.2) is 37.4 Å². The van der Waals surface area contributed by atoms with Gasteiger partial charge in [0.15, 0.2) is 0 Å². The smallest absolute Gasteiger partial charge is 0.308 e. The normalized spacial score (nSPS) is 27.4. The molecule has 104 valence electrons. The van der Waals surface area contributed by atoms with Crippen molar-refractivity contribution in [3.63, 3.8) is 0 Å². The molecule has 0 bridgehead atoms. The lowest BCUT2D eigenvalue weighted by Crippen LogP contribution is -2.37. The lowest BCUT2D eigenvalue weighted by molar-refractivity contribution is -0.157. The lowest BCUT2D eigenvalue weighted by atomic mass is 9.77. The highest BCUT2D eigenvalue weighted by molar-refractivity contribution is 5.70. The van der Waals surface area contributed by atoms with Gasteiger partial charge in [0.1, 0.15) is 5.60 Å². The molecular formula is C14H25NO3. The Kier molecular flexibility index (Phi) is 3.97. The second-order valence-electron chi connectivity index (χ2n) is 6.68. The summed E-state index contributed by atoms with van der Waals surface area (Å²) in [7, 11) is 0. The van der Waals surface area contributed by atoms with Gasteiger partial charge in [0.05, 0.1) is 19.1 Å². The predicted molar refractivity (Wildman–Crippen MR) is 69.4 cm³/mol. The summed E-state index contributed by atoms with van der Waals surface area (Å²) in [6, 6.07) is 0. The molecular weight excluding hydrogens is 230 g/mol. The van der Waals surface area contributed by atoms with Crippen LogP contribution in [0.25, 0.3) is 0 Å². The number of ether oxygens (including phenoxy) is 2. The summed E-state index contributed by atoms with van der Waals surface area (Å²) in [6.07, 6.45) is 3.79. The van der Waals surface area contributed by atoms with E-state index in [0.717, 1.165) is 39.0 Å². The van der Waals surface area contributed by atoms with E-state index in [1.165, 1.54) is 0 Å². The number of carbonyl (C=O) groups is 1. The van der Waals surface area contributed by atoms with E-state index < -0.39 is 5.60 Å². The molecule has 0 aliphatic carbocycles. The van der Waals surface area contributed by atoms with Crippen LogP contribution in [0.4, 0.5) is 0 Å². The fraction of sp³-hybridized carbons (Fsp3) is 0.929. The molecule has 4 heteroatoms. The molecule has 0 amide bonds. The van der Waals surface area contributed by atoms with Crippen LogP contribution < -0.4 is 5.32 Å². The Balaban J connectivity index is 1.80. The summed E-state index contributed by atoms with van der Waals surface area (Å²) < 4.78 is 11.1. The van der Waals surface area contributed by atoms with Crippen LogP contribution in [0.3, 0.4) is 0 Å². The van der Waals surface area contributed by atoms with Crippen LogP contribution in [0.1, 0.15) is 46.5 Å². The van der Waals surface area contributed by atoms with Gasteiger partial charge in [0.25, 0.3) is 0 Å². The first-order valence-corrected chi connectivity index (χ1v) is 6.93. The molecule has 1 N–H and O–H groups in total. The molecule has 0 radical (unpaired) electrons. The van der Waals surface area contributed by atoms with Gasteiger partial charge >= 0.3 is 5.97 Å². The summed E-state index contributed by atoms with van der Waals surface area (Å²) in [5.74, 6) is -0.140. The molecule has 2 saturated heterocycles. The molecule has 18 heavy (non-hydrogen) atoms. The van der Waals surface area contributed by atoms with Crippen LogP contribution in [-0.2, 0) is 14.3 Å². The highest BCUT2D eigenvalue weighted by Crippen LogP contribution is 2.41. The molecule has 1 atom stereocenters. The summed E-state index contributed by atoms with van der Waals surface area (Å²) in [5.41, 5.74) is -0.0833. The highest BCUT2D eigenvalue weighted by Gasteiger charge is 2.41. The minimum Gasteiger partial charge on any atom is -0.460 e. The SMILES string of the molecule is CC(C)(C)OC(=O)CC1CC2(CCNCC2)CO1. The summed E-state index contributed by atoms with van der Waals surface area (Å²) in [4.78, 5) is 11.8. The quantitative estimate of drug-likeness (QED) is 0.765. The Morgan fingerprint density at radius 3 is 2.67 bits per heavy atom. The maximum absolute atomic E-state index is 11.8. The molecule has 0 aromatic carbocycles. The van der Waals surface area contributed by atoms with Gasteiger partial charge in [-0.15, -0.1) is 0 Å². The van der Waals surface area contributed by atoms with Gasteiger partial charge < -0.3 is 14.8 Å². The van der Waals surface area contributed by atoms with Crippen molar-refractivity contribution in [1.82, 2.24) is 5.32 Å². The predicted octanol–water partition coefficient (Wildman–Crippen LogP) is 1.88. The first-order valence-electron chi connectivity index (χ1n) is 6.93. The van der Waals surface area contributed by atoms with Gasteiger partial charge in [-0.25, -0.2) is 0 Å². The zero-order valence-electron chi connectivity index (χ0n) is 11.8. The molecule has 1 unspecified atom stereocenters. The maximum Gasteiger partial charge on any atom is 0.308 e. The second-order valence-corrected chi connectivity index (χ2v) is 6.68. The van der Waals surface area contributed by atoms with E-state index in [9.17, 15) is 4.79 Å². The molecule has 0 aromatic rings. The topological polar surface area (TPSA) is 47.6 Å². The molecule has 2 rings (SSSR count). The molecule has 2 aliphatic heterocycles. The first-order chi connectivity index (χ1) is 8.39. The van der Waals surface area contributed by atoms with E-state index in [2.05, 4.69) is 5.32 Å². The Labute approximate surface area is 109 Å². The van der Waals surface area contributed by atoms with E-state index in [1.807, 2.05) is 20.8 Å². The Morgan fingerprint density at radius 1 is 1.39 bits per heavy atom. The van der Waals surface area contributed by atoms with Crippen LogP contribution in [0.15, 0.2) is 0 Å². The van der Waals surface area contributed by atoms with Crippen molar-refractivity contribution in [2.24, 2.45) is 5.41 Å². The van der Waals surface area contributed by atoms with Crippen molar-refractivity contribution in [3.05, 3.63) is 0 Å². The first kappa shape index (κ1) is 13.8. The average molecular weight is 255 g/mol. The number of hydrogen-bond donors (Lipinski definition) is 1. The number of piperidine rings is 1. The van der Waals surface area contributed by atoms with Gasteiger partial charge in [-0.3, -0.25) is 4.79 Å². The van der Waals surface area contributed by atoms with Crippen molar-refractivity contribution in [3.8, 4) is 0 Å². The van der Waals surface area contributed by atoms with Crippen molar-refractivity contribution < 1.29 is 14.3 Å². The standard InChI is InChI=1S/C14H25NO3/c1-13(2,3)18-12(16)8-11-9-14(10-17-11)4-6-15-7-5-14/h11,15H,4-10H2,1-3H3. The van der Waals surface area contributed by atoms with Gasteiger partial charge in [0, 0.05) is 0 Å². The average Bonchev–Trinajstić information content (AvgIpc) is 2.59. The number of carbonyl (C=O) groups excluding carboxylic acids is 1. The molecule has 0 aromatic heterocycles. The molecule has 0 saturated carbocycles. The van der Waals surface area contributed by atoms with Gasteiger partial charge in [-0.2, -0.15) is 0 Å². The van der Waals surface area contributed by atoms with Crippen LogP contribution in [0.2, 0.25) is 0 Å². The zero-order chi connectivity index (χ0) is 13.2. The van der Waals surface area contributed by atoms with E-state index >= 15 is 0 Å². The van der Waals surface area contributed by atoms with Gasteiger partial charge in [-0.05, 0) is 58.5 Å². The van der Waals surface area contributed by atoms with E-state index in [4.69, 9.17) is 9.47 Å². The third-order valence-corrected chi connectivity index (χ3v) is 3.76. The largest absolute Gasteiger partial charge is 0.460 e. The van der Waals surface area contributed by atoms with Crippen molar-refractivity contribution >= 4 is 5.97 Å². The third-order valence-electron chi connectivity index (χ3n) is 3.76. The third kappa shape index (κ3) is 3.69. The summed E-state index contributed by atoms with van der Waals surface area (Å²) >= 11 is 0. The van der Waals surface area contributed by atoms with Crippen LogP contribution in [0, 0.1) is 5.41 Å². The van der Waals surface area contributed by atoms with E-state index in [0.29, 0.717) is 11.8 Å². The number of esters is 1. The number of hydrogen-bond acceptors (Lipinski definition) is 4. The Morgan fingerprint density at radius 2 is 2.06 bits per heavy atom. The second kappa shape index (κ2) is 5.17. The monoisotopic (exact) mass is 255 g/mol. The molecule has 2 aliphatic rings. The molecule has 1 spiro atoms. The fourth-order valence-corrected chi connectivity index (χ4v) is 2.90. The summed E-state index contributed by atoms with van der Waals surface area (Å²) in [6.45, 7) is 8.64. The lowest BCUT2D eigenvalue weighted by Gasteiger charge is -2.32. The molecule has 2 heterocycles. The van der Waals surface area contributed by atoms with E-state index in [1.54, 1.807) is 0 Å². The maximum atomic E-state index is 11.8.